The van der Waals surface area contributed by atoms with Gasteiger partial charge >= 0.3 is 0 Å². The topological polar surface area (TPSA) is 48.7 Å². The highest BCUT2D eigenvalue weighted by atomic mass is 35.5. The molecule has 0 amide bonds. The molecule has 1 aromatic carbocycles. The van der Waals surface area contributed by atoms with Gasteiger partial charge in [0.25, 0.3) is 0 Å². The summed E-state index contributed by atoms with van der Waals surface area (Å²) in [5, 5.41) is 13.0. The monoisotopic (exact) mass is 285 g/mol. The largest absolute Gasteiger partial charge is 0.310 e. The van der Waals surface area contributed by atoms with E-state index in [1.54, 1.807) is 12.4 Å². The molecular weight excluding hydrogens is 270 g/mol. The SMILES string of the molecule is CCNC(C)c1ccc(-c2cncc(C#N)c2)cc1Cl. The molecule has 0 saturated heterocycles. The molecule has 0 bridgehead atoms. The zero-order valence-electron chi connectivity index (χ0n) is 11.5. The maximum absolute atomic E-state index is 8.92. The second-order valence-corrected chi connectivity index (χ2v) is 5.00. The number of nitriles is 1. The van der Waals surface area contributed by atoms with E-state index in [2.05, 4.69) is 30.2 Å². The van der Waals surface area contributed by atoms with Crippen LogP contribution in [0.15, 0.2) is 36.7 Å². The summed E-state index contributed by atoms with van der Waals surface area (Å²) in [7, 11) is 0. The molecule has 0 aliphatic carbocycles. The lowest BCUT2D eigenvalue weighted by Crippen LogP contribution is -2.17. The van der Waals surface area contributed by atoms with E-state index in [9.17, 15) is 0 Å². The fourth-order valence-corrected chi connectivity index (χ4v) is 2.48. The van der Waals surface area contributed by atoms with Crippen LogP contribution < -0.4 is 5.32 Å². The van der Waals surface area contributed by atoms with E-state index in [4.69, 9.17) is 16.9 Å². The third-order valence-electron chi connectivity index (χ3n) is 3.18. The molecule has 1 aromatic heterocycles. The van der Waals surface area contributed by atoms with Crippen molar-refractivity contribution in [3.8, 4) is 17.2 Å². The Kier molecular flexibility index (Phi) is 4.73. The molecule has 1 N–H and O–H groups in total. The van der Waals surface area contributed by atoms with Crippen molar-refractivity contribution < 1.29 is 0 Å². The van der Waals surface area contributed by atoms with Crippen molar-refractivity contribution in [2.45, 2.75) is 19.9 Å². The Morgan fingerprint density at radius 2 is 2.10 bits per heavy atom. The Labute approximate surface area is 124 Å². The van der Waals surface area contributed by atoms with E-state index in [0.29, 0.717) is 5.56 Å². The van der Waals surface area contributed by atoms with Gasteiger partial charge in [-0.25, -0.2) is 0 Å². The van der Waals surface area contributed by atoms with E-state index in [0.717, 1.165) is 28.3 Å². The number of nitrogens with one attached hydrogen (secondary N) is 1. The van der Waals surface area contributed by atoms with Gasteiger partial charge in [0.1, 0.15) is 6.07 Å². The first kappa shape index (κ1) is 14.5. The van der Waals surface area contributed by atoms with Crippen LogP contribution in [0.2, 0.25) is 5.02 Å². The van der Waals surface area contributed by atoms with Gasteiger partial charge in [0.2, 0.25) is 0 Å². The normalized spacial score (nSPS) is 11.9. The summed E-state index contributed by atoms with van der Waals surface area (Å²) in [6, 6.07) is 10.1. The lowest BCUT2D eigenvalue weighted by molar-refractivity contribution is 0.598. The van der Waals surface area contributed by atoms with E-state index in [-0.39, 0.29) is 6.04 Å². The zero-order chi connectivity index (χ0) is 14.5. The molecule has 20 heavy (non-hydrogen) atoms. The van der Waals surface area contributed by atoms with Crippen LogP contribution in [0, 0.1) is 11.3 Å². The molecule has 4 heteroatoms. The van der Waals surface area contributed by atoms with E-state index in [1.807, 2.05) is 24.3 Å². The predicted octanol–water partition coefficient (Wildman–Crippen LogP) is 3.94. The second-order valence-electron chi connectivity index (χ2n) is 4.59. The van der Waals surface area contributed by atoms with Gasteiger partial charge in [-0.1, -0.05) is 30.7 Å². The Balaban J connectivity index is 2.35. The van der Waals surface area contributed by atoms with Crippen molar-refractivity contribution in [3.63, 3.8) is 0 Å². The van der Waals surface area contributed by atoms with Gasteiger partial charge in [-0.2, -0.15) is 5.26 Å². The summed E-state index contributed by atoms with van der Waals surface area (Å²) in [6.07, 6.45) is 3.28. The molecule has 0 aliphatic rings. The zero-order valence-corrected chi connectivity index (χ0v) is 12.3. The average Bonchev–Trinajstić information content (AvgIpc) is 2.47. The number of hydrogen-bond acceptors (Lipinski definition) is 3. The van der Waals surface area contributed by atoms with Crippen LogP contribution in [0.5, 0.6) is 0 Å². The molecule has 3 nitrogen and oxygen atoms in total. The Morgan fingerprint density at radius 3 is 2.75 bits per heavy atom. The van der Waals surface area contributed by atoms with Gasteiger partial charge < -0.3 is 5.32 Å². The molecular formula is C16H16ClN3. The van der Waals surface area contributed by atoms with Gasteiger partial charge in [-0.15, -0.1) is 0 Å². The highest BCUT2D eigenvalue weighted by Gasteiger charge is 2.10. The molecule has 0 fully saturated rings. The molecule has 2 aromatic rings. The molecule has 2 rings (SSSR count). The second kappa shape index (κ2) is 6.51. The molecule has 0 aliphatic heterocycles. The smallest absolute Gasteiger partial charge is 0.101 e. The van der Waals surface area contributed by atoms with Crippen molar-refractivity contribution in [3.05, 3.63) is 52.8 Å². The molecule has 1 unspecified atom stereocenters. The number of benzene rings is 1. The third-order valence-corrected chi connectivity index (χ3v) is 3.51. The summed E-state index contributed by atoms with van der Waals surface area (Å²) in [6.45, 7) is 5.05. The predicted molar refractivity (Wildman–Crippen MR) is 81.5 cm³/mol. The van der Waals surface area contributed by atoms with Crippen LogP contribution in [-0.4, -0.2) is 11.5 Å². The fourth-order valence-electron chi connectivity index (χ4n) is 2.13. The fraction of sp³-hybridized carbons (Fsp3) is 0.250. The van der Waals surface area contributed by atoms with E-state index in [1.165, 1.54) is 0 Å². The minimum atomic E-state index is 0.213. The quantitative estimate of drug-likeness (QED) is 0.925. The molecule has 102 valence electrons. The average molecular weight is 286 g/mol. The van der Waals surface area contributed by atoms with Gasteiger partial charge in [0.15, 0.2) is 0 Å². The molecule has 0 saturated carbocycles. The summed E-state index contributed by atoms with van der Waals surface area (Å²) >= 11 is 6.36. The van der Waals surface area contributed by atoms with Gasteiger partial charge in [-0.05, 0) is 36.7 Å². The summed E-state index contributed by atoms with van der Waals surface area (Å²) in [4.78, 5) is 4.07. The van der Waals surface area contributed by atoms with Crippen LogP contribution in [0.4, 0.5) is 0 Å². The van der Waals surface area contributed by atoms with Crippen LogP contribution in [0.3, 0.4) is 0 Å². The van der Waals surface area contributed by atoms with Crippen LogP contribution in [0.1, 0.15) is 31.0 Å². The third kappa shape index (κ3) is 3.16. The van der Waals surface area contributed by atoms with E-state index < -0.39 is 0 Å². The van der Waals surface area contributed by atoms with E-state index >= 15 is 0 Å². The maximum Gasteiger partial charge on any atom is 0.101 e. The lowest BCUT2D eigenvalue weighted by atomic mass is 10.0. The van der Waals surface area contributed by atoms with Crippen LogP contribution >= 0.6 is 11.6 Å². The standard InChI is InChI=1S/C16H16ClN3/c1-3-20-11(2)15-5-4-13(7-16(15)17)14-6-12(8-18)9-19-10-14/h4-7,9-11,20H,3H2,1-2H3. The number of rotatable bonds is 4. The Hall–Kier alpha value is -1.89. The van der Waals surface area contributed by atoms with Crippen molar-refractivity contribution in [1.82, 2.24) is 10.3 Å². The first-order valence-corrected chi connectivity index (χ1v) is 6.92. The van der Waals surface area contributed by atoms with Crippen molar-refractivity contribution in [1.29, 1.82) is 5.26 Å². The minimum Gasteiger partial charge on any atom is -0.310 e. The highest BCUT2D eigenvalue weighted by Crippen LogP contribution is 2.29. The molecule has 0 radical (unpaired) electrons. The summed E-state index contributed by atoms with van der Waals surface area (Å²) < 4.78 is 0. The van der Waals surface area contributed by atoms with Crippen LogP contribution in [-0.2, 0) is 0 Å². The minimum absolute atomic E-state index is 0.213. The first-order valence-electron chi connectivity index (χ1n) is 6.54. The lowest BCUT2D eigenvalue weighted by Gasteiger charge is -2.15. The maximum atomic E-state index is 8.92. The molecule has 0 spiro atoms. The summed E-state index contributed by atoms with van der Waals surface area (Å²) in [5.41, 5.74) is 3.48. The van der Waals surface area contributed by atoms with Gasteiger partial charge in [0.05, 0.1) is 5.56 Å². The van der Waals surface area contributed by atoms with Crippen LogP contribution in [0.25, 0.3) is 11.1 Å². The molecule has 1 atom stereocenters. The highest BCUT2D eigenvalue weighted by molar-refractivity contribution is 6.31. The number of hydrogen-bond donors (Lipinski definition) is 1. The number of aromatic nitrogens is 1. The number of nitrogens with zero attached hydrogens (tertiary/aromatic N) is 2. The Bertz CT molecular complexity index is 646. The summed E-state index contributed by atoms with van der Waals surface area (Å²) in [5.74, 6) is 0. The van der Waals surface area contributed by atoms with Crippen molar-refractivity contribution in [2.75, 3.05) is 6.54 Å². The van der Waals surface area contributed by atoms with Gasteiger partial charge in [0, 0.05) is 29.0 Å². The van der Waals surface area contributed by atoms with Gasteiger partial charge in [-0.3, -0.25) is 4.98 Å². The number of pyridine rings is 1. The Morgan fingerprint density at radius 1 is 1.30 bits per heavy atom. The van der Waals surface area contributed by atoms with Crippen molar-refractivity contribution >= 4 is 11.6 Å². The van der Waals surface area contributed by atoms with Crippen molar-refractivity contribution in [2.24, 2.45) is 0 Å². The first-order chi connectivity index (χ1) is 9.65. The molecule has 1 heterocycles. The number of halogens is 1.